The van der Waals surface area contributed by atoms with E-state index in [0.29, 0.717) is 5.71 Å². The molecule has 0 atom stereocenters. The zero-order chi connectivity index (χ0) is 19.5. The number of rotatable bonds is 3. The van der Waals surface area contributed by atoms with E-state index in [0.717, 1.165) is 56.9 Å². The van der Waals surface area contributed by atoms with Gasteiger partial charge in [-0.3, -0.25) is 0 Å². The first-order valence-corrected chi connectivity index (χ1v) is 8.87. The molecule has 0 radical (unpaired) electrons. The van der Waals surface area contributed by atoms with Crippen LogP contribution in [0.15, 0.2) is 16.5 Å². The molecule has 0 aliphatic rings. The Bertz CT molecular complexity index is 1180. The summed E-state index contributed by atoms with van der Waals surface area (Å²) in [6.45, 7) is 11.9. The Labute approximate surface area is 157 Å². The van der Waals surface area contributed by atoms with Crippen LogP contribution in [0.2, 0.25) is 0 Å². The van der Waals surface area contributed by atoms with Crippen LogP contribution in [0.4, 0.5) is 0 Å². The SMILES string of the molecule is COc1ccc(-c2c(C)oc3c(-n4nc(C)nc4C)c(C)nn23)c(C)c1C. The molecule has 4 rings (SSSR count). The Kier molecular flexibility index (Phi) is 3.83. The fourth-order valence-corrected chi connectivity index (χ4v) is 3.64. The van der Waals surface area contributed by atoms with Crippen molar-refractivity contribution in [2.24, 2.45) is 0 Å². The predicted molar refractivity (Wildman–Crippen MR) is 103 cm³/mol. The first-order chi connectivity index (χ1) is 12.8. The molecule has 0 N–H and O–H groups in total. The lowest BCUT2D eigenvalue weighted by atomic mass is 9.99. The Hall–Kier alpha value is -3.09. The molecular formula is C20H23N5O2. The molecule has 3 aromatic heterocycles. The quantitative estimate of drug-likeness (QED) is 0.548. The van der Waals surface area contributed by atoms with E-state index < -0.39 is 0 Å². The van der Waals surface area contributed by atoms with Gasteiger partial charge in [0.2, 0.25) is 5.71 Å². The molecule has 0 aliphatic carbocycles. The molecule has 0 spiro atoms. The number of methoxy groups -OCH3 is 1. The second-order valence-electron chi connectivity index (χ2n) is 6.84. The van der Waals surface area contributed by atoms with E-state index in [1.807, 2.05) is 38.3 Å². The second kappa shape index (κ2) is 5.97. The number of hydrogen-bond acceptors (Lipinski definition) is 5. The van der Waals surface area contributed by atoms with Gasteiger partial charge in [0.15, 0.2) is 5.69 Å². The first-order valence-electron chi connectivity index (χ1n) is 8.87. The molecule has 4 aromatic rings. The highest BCUT2D eigenvalue weighted by Gasteiger charge is 2.24. The monoisotopic (exact) mass is 365 g/mol. The van der Waals surface area contributed by atoms with E-state index >= 15 is 0 Å². The molecule has 0 saturated carbocycles. The van der Waals surface area contributed by atoms with E-state index in [9.17, 15) is 0 Å². The van der Waals surface area contributed by atoms with Gasteiger partial charge in [-0.2, -0.15) is 14.7 Å². The molecule has 0 unspecified atom stereocenters. The van der Waals surface area contributed by atoms with Gasteiger partial charge in [0.25, 0.3) is 0 Å². The van der Waals surface area contributed by atoms with Gasteiger partial charge in [-0.1, -0.05) is 0 Å². The van der Waals surface area contributed by atoms with Gasteiger partial charge >= 0.3 is 0 Å². The van der Waals surface area contributed by atoms with Gasteiger partial charge in [-0.15, -0.1) is 0 Å². The van der Waals surface area contributed by atoms with Gasteiger partial charge in [0.05, 0.1) is 12.8 Å². The van der Waals surface area contributed by atoms with Crippen LogP contribution in [-0.4, -0.2) is 31.5 Å². The maximum Gasteiger partial charge on any atom is 0.249 e. The summed E-state index contributed by atoms with van der Waals surface area (Å²) in [6, 6.07) is 4.04. The van der Waals surface area contributed by atoms with Crippen LogP contribution < -0.4 is 4.74 Å². The number of aryl methyl sites for hydroxylation is 4. The van der Waals surface area contributed by atoms with E-state index in [1.54, 1.807) is 11.8 Å². The molecule has 27 heavy (non-hydrogen) atoms. The highest BCUT2D eigenvalue weighted by Crippen LogP contribution is 2.36. The molecule has 0 amide bonds. The van der Waals surface area contributed by atoms with Crippen molar-refractivity contribution in [3.8, 4) is 22.7 Å². The van der Waals surface area contributed by atoms with Crippen LogP contribution in [-0.2, 0) is 0 Å². The molecule has 1 aromatic carbocycles. The standard InChI is InChI=1S/C20H23N5O2/c1-10-11(2)17(26-7)9-8-16(10)19-13(4)27-20-18(12(3)22-25(19)20)24-15(6)21-14(5)23-24/h8-9H,1-7H3. The van der Waals surface area contributed by atoms with E-state index in [2.05, 4.69) is 30.0 Å². The van der Waals surface area contributed by atoms with Gasteiger partial charge in [0.1, 0.15) is 28.9 Å². The predicted octanol–water partition coefficient (Wildman–Crippen LogP) is 4.03. The third kappa shape index (κ3) is 2.45. The Morgan fingerprint density at radius 2 is 1.70 bits per heavy atom. The molecule has 0 bridgehead atoms. The first kappa shape index (κ1) is 17.3. The third-order valence-corrected chi connectivity index (χ3v) is 5.08. The minimum atomic E-state index is 0.667. The molecule has 0 saturated heterocycles. The number of ether oxygens (including phenoxy) is 1. The lowest BCUT2D eigenvalue weighted by Crippen LogP contribution is -2.00. The number of fused-ring (bicyclic) bond motifs is 1. The van der Waals surface area contributed by atoms with Gasteiger partial charge in [-0.25, -0.2) is 9.67 Å². The van der Waals surface area contributed by atoms with Crippen molar-refractivity contribution in [2.75, 3.05) is 7.11 Å². The van der Waals surface area contributed by atoms with Crippen molar-refractivity contribution in [3.63, 3.8) is 0 Å². The number of benzene rings is 1. The average molecular weight is 365 g/mol. The molecule has 7 nitrogen and oxygen atoms in total. The van der Waals surface area contributed by atoms with Crippen molar-refractivity contribution >= 4 is 5.71 Å². The number of aromatic nitrogens is 5. The largest absolute Gasteiger partial charge is 0.496 e. The lowest BCUT2D eigenvalue weighted by Gasteiger charge is -2.12. The Morgan fingerprint density at radius 1 is 0.963 bits per heavy atom. The highest BCUT2D eigenvalue weighted by atomic mass is 16.5. The zero-order valence-corrected chi connectivity index (χ0v) is 16.7. The van der Waals surface area contributed by atoms with Crippen LogP contribution in [0.5, 0.6) is 5.75 Å². The van der Waals surface area contributed by atoms with Crippen LogP contribution in [0, 0.1) is 41.5 Å². The molecule has 0 fully saturated rings. The third-order valence-electron chi connectivity index (χ3n) is 5.08. The topological polar surface area (TPSA) is 70.4 Å². The number of hydrogen-bond donors (Lipinski definition) is 0. The summed E-state index contributed by atoms with van der Waals surface area (Å²) in [5.41, 5.74) is 6.59. The van der Waals surface area contributed by atoms with Gasteiger partial charge in [-0.05, 0) is 64.8 Å². The maximum absolute atomic E-state index is 6.16. The van der Waals surface area contributed by atoms with Gasteiger partial charge < -0.3 is 9.15 Å². The molecule has 3 heterocycles. The van der Waals surface area contributed by atoms with Crippen molar-refractivity contribution in [3.05, 3.63) is 46.4 Å². The summed E-state index contributed by atoms with van der Waals surface area (Å²) in [7, 11) is 1.69. The van der Waals surface area contributed by atoms with Gasteiger partial charge in [0, 0.05) is 5.56 Å². The molecule has 140 valence electrons. The number of oxazole rings is 1. The van der Waals surface area contributed by atoms with Crippen LogP contribution in [0.3, 0.4) is 0 Å². The normalized spacial score (nSPS) is 11.5. The molecule has 7 heteroatoms. The maximum atomic E-state index is 6.16. The Balaban J connectivity index is 2.00. The summed E-state index contributed by atoms with van der Waals surface area (Å²) in [5, 5.41) is 9.26. The minimum absolute atomic E-state index is 0.667. The Morgan fingerprint density at radius 3 is 2.33 bits per heavy atom. The van der Waals surface area contributed by atoms with E-state index in [4.69, 9.17) is 14.3 Å². The summed E-state index contributed by atoms with van der Waals surface area (Å²) < 4.78 is 15.3. The molecule has 0 aliphatic heterocycles. The lowest BCUT2D eigenvalue weighted by molar-refractivity contribution is 0.411. The summed E-state index contributed by atoms with van der Waals surface area (Å²) in [6.07, 6.45) is 0. The fourth-order valence-electron chi connectivity index (χ4n) is 3.64. The van der Waals surface area contributed by atoms with E-state index in [-0.39, 0.29) is 0 Å². The van der Waals surface area contributed by atoms with Crippen LogP contribution in [0.25, 0.3) is 22.7 Å². The van der Waals surface area contributed by atoms with Crippen molar-refractivity contribution in [1.82, 2.24) is 24.4 Å². The van der Waals surface area contributed by atoms with Crippen molar-refractivity contribution in [2.45, 2.75) is 41.5 Å². The molecular weight excluding hydrogens is 342 g/mol. The smallest absolute Gasteiger partial charge is 0.249 e. The van der Waals surface area contributed by atoms with Crippen LogP contribution in [0.1, 0.15) is 34.2 Å². The average Bonchev–Trinajstić information content (AvgIpc) is 3.20. The summed E-state index contributed by atoms with van der Waals surface area (Å²) in [5.74, 6) is 3.20. The minimum Gasteiger partial charge on any atom is -0.496 e. The van der Waals surface area contributed by atoms with Crippen molar-refractivity contribution in [1.29, 1.82) is 0 Å². The van der Waals surface area contributed by atoms with Crippen molar-refractivity contribution < 1.29 is 9.15 Å². The summed E-state index contributed by atoms with van der Waals surface area (Å²) in [4.78, 5) is 4.41. The fraction of sp³-hybridized carbons (Fsp3) is 0.350. The van der Waals surface area contributed by atoms with Crippen LogP contribution >= 0.6 is 0 Å². The second-order valence-corrected chi connectivity index (χ2v) is 6.84. The zero-order valence-electron chi connectivity index (χ0n) is 16.7. The number of nitrogens with zero attached hydrogens (tertiary/aromatic N) is 5. The van der Waals surface area contributed by atoms with E-state index in [1.165, 1.54) is 0 Å². The highest BCUT2D eigenvalue weighted by molar-refractivity contribution is 5.74. The summed E-state index contributed by atoms with van der Waals surface area (Å²) >= 11 is 0.